The van der Waals surface area contributed by atoms with Crippen LogP contribution >= 0.6 is 0 Å². The zero-order valence-electron chi connectivity index (χ0n) is 11.9. The molecular weight excluding hydrogens is 262 g/mol. The van der Waals surface area contributed by atoms with E-state index in [2.05, 4.69) is 9.97 Å². The van der Waals surface area contributed by atoms with E-state index in [0.29, 0.717) is 13.1 Å². The van der Waals surface area contributed by atoms with E-state index >= 15 is 0 Å². The summed E-state index contributed by atoms with van der Waals surface area (Å²) in [5.41, 5.74) is 2.81. The fraction of sp³-hybridized carbons (Fsp3) is 0.176. The number of hydrogen-bond donors (Lipinski definition) is 1. The summed E-state index contributed by atoms with van der Waals surface area (Å²) in [6.45, 7) is 3.26. The van der Waals surface area contributed by atoms with Crippen molar-refractivity contribution >= 4 is 16.8 Å². The van der Waals surface area contributed by atoms with Crippen LogP contribution in [0.4, 0.5) is 0 Å². The minimum Gasteiger partial charge on any atom is -0.361 e. The summed E-state index contributed by atoms with van der Waals surface area (Å²) in [5, 5.41) is 0.968. The van der Waals surface area contributed by atoms with E-state index < -0.39 is 0 Å². The summed E-state index contributed by atoms with van der Waals surface area (Å²) in [5.74, 6) is 0.0551. The molecule has 0 aliphatic heterocycles. The number of carbonyl (C=O) groups is 1. The van der Waals surface area contributed by atoms with E-state index in [-0.39, 0.29) is 5.91 Å². The van der Waals surface area contributed by atoms with Gasteiger partial charge >= 0.3 is 0 Å². The molecule has 4 nitrogen and oxygen atoms in total. The van der Waals surface area contributed by atoms with Crippen molar-refractivity contribution in [1.29, 1.82) is 0 Å². The second-order valence-electron chi connectivity index (χ2n) is 4.92. The number of aromatic nitrogens is 2. The molecule has 0 spiro atoms. The lowest BCUT2D eigenvalue weighted by molar-refractivity contribution is 0.0754. The van der Waals surface area contributed by atoms with Crippen molar-refractivity contribution in [1.82, 2.24) is 14.9 Å². The van der Waals surface area contributed by atoms with Gasteiger partial charge in [0.1, 0.15) is 0 Å². The zero-order chi connectivity index (χ0) is 14.7. The van der Waals surface area contributed by atoms with Crippen LogP contribution in [0.1, 0.15) is 22.8 Å². The molecule has 0 fully saturated rings. The molecule has 0 atom stereocenters. The van der Waals surface area contributed by atoms with Gasteiger partial charge in [-0.05, 0) is 42.8 Å². The largest absolute Gasteiger partial charge is 0.361 e. The van der Waals surface area contributed by atoms with Gasteiger partial charge in [-0.3, -0.25) is 9.78 Å². The Balaban J connectivity index is 1.90. The van der Waals surface area contributed by atoms with Gasteiger partial charge in [0.05, 0.1) is 0 Å². The van der Waals surface area contributed by atoms with Gasteiger partial charge in [0.25, 0.3) is 5.91 Å². The highest BCUT2D eigenvalue weighted by Gasteiger charge is 2.17. The van der Waals surface area contributed by atoms with Crippen molar-refractivity contribution in [2.24, 2.45) is 0 Å². The fourth-order valence-corrected chi connectivity index (χ4v) is 2.48. The van der Waals surface area contributed by atoms with Gasteiger partial charge in [-0.25, -0.2) is 0 Å². The molecule has 3 aromatic rings. The van der Waals surface area contributed by atoms with E-state index in [1.807, 2.05) is 54.4 Å². The first-order chi connectivity index (χ1) is 10.3. The van der Waals surface area contributed by atoms with Crippen molar-refractivity contribution in [2.45, 2.75) is 13.5 Å². The second kappa shape index (κ2) is 5.79. The molecule has 0 aliphatic rings. The molecule has 4 heteroatoms. The maximum atomic E-state index is 12.8. The number of carbonyl (C=O) groups excluding carboxylic acids is 1. The maximum Gasteiger partial charge on any atom is 0.254 e. The quantitative estimate of drug-likeness (QED) is 0.797. The minimum absolute atomic E-state index is 0.0551. The Bertz CT molecular complexity index is 749. The van der Waals surface area contributed by atoms with Crippen LogP contribution in [-0.2, 0) is 6.54 Å². The summed E-state index contributed by atoms with van der Waals surface area (Å²) < 4.78 is 0. The third kappa shape index (κ3) is 2.65. The normalized spacial score (nSPS) is 10.7. The Morgan fingerprint density at radius 1 is 1.19 bits per heavy atom. The third-order valence-corrected chi connectivity index (χ3v) is 3.62. The van der Waals surface area contributed by atoms with Crippen LogP contribution in [0.25, 0.3) is 10.9 Å². The Morgan fingerprint density at radius 2 is 2.00 bits per heavy atom. The van der Waals surface area contributed by atoms with Crippen molar-refractivity contribution in [3.63, 3.8) is 0 Å². The molecule has 0 unspecified atom stereocenters. The Labute approximate surface area is 123 Å². The van der Waals surface area contributed by atoms with Crippen LogP contribution in [0.15, 0.2) is 55.0 Å². The molecule has 0 saturated carbocycles. The molecule has 2 heterocycles. The first-order valence-electron chi connectivity index (χ1n) is 7.04. The van der Waals surface area contributed by atoms with Crippen molar-refractivity contribution < 1.29 is 4.79 Å². The fourth-order valence-electron chi connectivity index (χ4n) is 2.48. The number of hydrogen-bond acceptors (Lipinski definition) is 2. The molecule has 1 amide bonds. The molecule has 21 heavy (non-hydrogen) atoms. The monoisotopic (exact) mass is 279 g/mol. The molecule has 2 aromatic heterocycles. The number of fused-ring (bicyclic) bond motifs is 1. The smallest absolute Gasteiger partial charge is 0.254 e. The average Bonchev–Trinajstić information content (AvgIpc) is 3.01. The highest BCUT2D eigenvalue weighted by atomic mass is 16.2. The second-order valence-corrected chi connectivity index (χ2v) is 4.92. The number of nitrogens with one attached hydrogen (secondary N) is 1. The molecule has 1 aromatic carbocycles. The van der Waals surface area contributed by atoms with Gasteiger partial charge in [-0.1, -0.05) is 6.07 Å². The van der Waals surface area contributed by atoms with Gasteiger partial charge in [0.2, 0.25) is 0 Å². The minimum atomic E-state index is 0.0551. The molecule has 3 rings (SSSR count). The van der Waals surface area contributed by atoms with Crippen LogP contribution in [-0.4, -0.2) is 27.3 Å². The molecular formula is C17H17N3O. The van der Waals surface area contributed by atoms with Crippen LogP contribution < -0.4 is 0 Å². The van der Waals surface area contributed by atoms with Gasteiger partial charge in [-0.2, -0.15) is 0 Å². The standard InChI is InChI=1S/C17H17N3O/c1-2-20(12-13-6-9-18-10-7-13)17(21)15-4-3-5-16-14(15)8-11-19-16/h3-11,19H,2,12H2,1H3. The summed E-state index contributed by atoms with van der Waals surface area (Å²) in [6, 6.07) is 11.6. The van der Waals surface area contributed by atoms with E-state index in [0.717, 1.165) is 22.0 Å². The molecule has 0 saturated heterocycles. The van der Waals surface area contributed by atoms with Gasteiger partial charge in [0.15, 0.2) is 0 Å². The van der Waals surface area contributed by atoms with E-state index in [4.69, 9.17) is 0 Å². The summed E-state index contributed by atoms with van der Waals surface area (Å²) >= 11 is 0. The van der Waals surface area contributed by atoms with Gasteiger partial charge in [0, 0.05) is 48.1 Å². The van der Waals surface area contributed by atoms with Crippen LogP contribution in [0.5, 0.6) is 0 Å². The van der Waals surface area contributed by atoms with Crippen molar-refractivity contribution in [3.05, 3.63) is 66.1 Å². The van der Waals surface area contributed by atoms with Gasteiger partial charge < -0.3 is 9.88 Å². The van der Waals surface area contributed by atoms with Crippen LogP contribution in [0, 0.1) is 0 Å². The predicted octanol–water partition coefficient (Wildman–Crippen LogP) is 3.23. The van der Waals surface area contributed by atoms with Gasteiger partial charge in [-0.15, -0.1) is 0 Å². The first kappa shape index (κ1) is 13.4. The SMILES string of the molecule is CCN(Cc1ccncc1)C(=O)c1cccc2[nH]ccc12. The van der Waals surface area contributed by atoms with Crippen molar-refractivity contribution in [3.8, 4) is 0 Å². The molecule has 0 radical (unpaired) electrons. The average molecular weight is 279 g/mol. The topological polar surface area (TPSA) is 49.0 Å². The lowest BCUT2D eigenvalue weighted by Crippen LogP contribution is -2.30. The zero-order valence-corrected chi connectivity index (χ0v) is 11.9. The summed E-state index contributed by atoms with van der Waals surface area (Å²) in [4.78, 5) is 21.8. The number of rotatable bonds is 4. The number of aromatic amines is 1. The van der Waals surface area contributed by atoms with E-state index in [1.165, 1.54) is 0 Å². The van der Waals surface area contributed by atoms with Crippen LogP contribution in [0.2, 0.25) is 0 Å². The number of amides is 1. The maximum absolute atomic E-state index is 12.8. The Kier molecular flexibility index (Phi) is 3.69. The number of benzene rings is 1. The highest BCUT2D eigenvalue weighted by molar-refractivity contribution is 6.06. The van der Waals surface area contributed by atoms with Crippen LogP contribution in [0.3, 0.4) is 0 Å². The summed E-state index contributed by atoms with van der Waals surface area (Å²) in [6.07, 6.45) is 5.36. The van der Waals surface area contributed by atoms with E-state index in [9.17, 15) is 4.79 Å². The Hall–Kier alpha value is -2.62. The number of H-pyrrole nitrogens is 1. The first-order valence-corrected chi connectivity index (χ1v) is 7.04. The predicted molar refractivity (Wildman–Crippen MR) is 83.0 cm³/mol. The molecule has 0 bridgehead atoms. The molecule has 0 aliphatic carbocycles. The third-order valence-electron chi connectivity index (χ3n) is 3.62. The Morgan fingerprint density at radius 3 is 2.76 bits per heavy atom. The number of nitrogens with zero attached hydrogens (tertiary/aromatic N) is 2. The molecule has 1 N–H and O–H groups in total. The summed E-state index contributed by atoms with van der Waals surface area (Å²) in [7, 11) is 0. The highest BCUT2D eigenvalue weighted by Crippen LogP contribution is 2.20. The number of pyridine rings is 1. The molecule has 106 valence electrons. The lowest BCUT2D eigenvalue weighted by Gasteiger charge is -2.21. The van der Waals surface area contributed by atoms with E-state index in [1.54, 1.807) is 12.4 Å². The lowest BCUT2D eigenvalue weighted by atomic mass is 10.1. The van der Waals surface area contributed by atoms with Crippen molar-refractivity contribution in [2.75, 3.05) is 6.54 Å².